The molecule has 1 aromatic carbocycles. The minimum atomic E-state index is -0.703. The third kappa shape index (κ3) is 2.71. The molecule has 0 aliphatic carbocycles. The zero-order valence-electron chi connectivity index (χ0n) is 10.7. The van der Waals surface area contributed by atoms with Gasteiger partial charge >= 0.3 is 0 Å². The molecule has 0 aliphatic rings. The van der Waals surface area contributed by atoms with Crippen molar-refractivity contribution in [1.29, 1.82) is 0 Å². The van der Waals surface area contributed by atoms with E-state index < -0.39 is 6.10 Å². The Morgan fingerprint density at radius 2 is 2.06 bits per heavy atom. The van der Waals surface area contributed by atoms with Crippen molar-refractivity contribution in [1.82, 2.24) is 9.55 Å². The van der Waals surface area contributed by atoms with Gasteiger partial charge < -0.3 is 14.4 Å². The van der Waals surface area contributed by atoms with Gasteiger partial charge in [0.1, 0.15) is 17.7 Å². The molecule has 0 amide bonds. The third-order valence-corrected chi connectivity index (χ3v) is 2.77. The summed E-state index contributed by atoms with van der Waals surface area (Å²) in [6, 6.07) is 7.48. The van der Waals surface area contributed by atoms with Gasteiger partial charge in [-0.2, -0.15) is 0 Å². The number of aromatic nitrogens is 2. The molecule has 1 heterocycles. The molecule has 1 atom stereocenters. The van der Waals surface area contributed by atoms with Crippen molar-refractivity contribution >= 4 is 0 Å². The Kier molecular flexibility index (Phi) is 3.99. The number of nitrogens with zero attached hydrogens (tertiary/aromatic N) is 2. The summed E-state index contributed by atoms with van der Waals surface area (Å²) in [6.07, 6.45) is 3.77. The summed E-state index contributed by atoms with van der Waals surface area (Å²) in [4.78, 5) is 4.15. The first-order valence-electron chi connectivity index (χ1n) is 6.10. The van der Waals surface area contributed by atoms with Gasteiger partial charge in [0, 0.05) is 19.4 Å². The van der Waals surface area contributed by atoms with Crippen molar-refractivity contribution in [3.63, 3.8) is 0 Å². The van der Waals surface area contributed by atoms with Crippen LogP contribution in [-0.2, 0) is 7.05 Å². The molecule has 4 heteroatoms. The number of aryl methyl sites for hydroxylation is 1. The fraction of sp³-hybridized carbons (Fsp3) is 0.357. The largest absolute Gasteiger partial charge is 0.494 e. The van der Waals surface area contributed by atoms with E-state index in [0.29, 0.717) is 12.4 Å². The van der Waals surface area contributed by atoms with Crippen LogP contribution in [-0.4, -0.2) is 21.3 Å². The van der Waals surface area contributed by atoms with Crippen LogP contribution in [0.1, 0.15) is 30.8 Å². The second-order valence-electron chi connectivity index (χ2n) is 4.22. The molecule has 0 saturated carbocycles. The number of aliphatic hydroxyl groups excluding tert-OH is 1. The fourth-order valence-corrected chi connectivity index (χ4v) is 1.76. The molecule has 0 bridgehead atoms. The van der Waals surface area contributed by atoms with E-state index in [1.807, 2.05) is 42.1 Å². The molecule has 1 aromatic heterocycles. The first-order valence-corrected chi connectivity index (χ1v) is 6.10. The van der Waals surface area contributed by atoms with Crippen LogP contribution in [0, 0.1) is 0 Å². The fourth-order valence-electron chi connectivity index (χ4n) is 1.76. The zero-order valence-corrected chi connectivity index (χ0v) is 10.7. The van der Waals surface area contributed by atoms with E-state index in [1.54, 1.807) is 6.20 Å². The predicted molar refractivity (Wildman–Crippen MR) is 69.5 cm³/mol. The molecule has 0 fully saturated rings. The van der Waals surface area contributed by atoms with Crippen molar-refractivity contribution in [3.05, 3.63) is 48.0 Å². The summed E-state index contributed by atoms with van der Waals surface area (Å²) in [5.41, 5.74) is 0.813. The zero-order chi connectivity index (χ0) is 13.0. The Morgan fingerprint density at radius 1 is 1.33 bits per heavy atom. The molecule has 1 N–H and O–H groups in total. The highest BCUT2D eigenvalue weighted by Crippen LogP contribution is 2.22. The molecule has 2 aromatic rings. The summed E-state index contributed by atoms with van der Waals surface area (Å²) in [5.74, 6) is 1.46. The standard InChI is InChI=1S/C14H18N2O2/c1-3-10-18-12-6-4-11(5-7-12)13(17)14-15-8-9-16(14)2/h4-9,13,17H,3,10H2,1-2H3. The molecule has 2 rings (SSSR count). The summed E-state index contributed by atoms with van der Waals surface area (Å²) < 4.78 is 7.31. The van der Waals surface area contributed by atoms with Crippen LogP contribution in [0.3, 0.4) is 0 Å². The maximum atomic E-state index is 10.2. The number of ether oxygens (including phenoxy) is 1. The van der Waals surface area contributed by atoms with Crippen molar-refractivity contribution in [2.45, 2.75) is 19.4 Å². The minimum Gasteiger partial charge on any atom is -0.494 e. The summed E-state index contributed by atoms with van der Waals surface area (Å²) in [5, 5.41) is 10.2. The van der Waals surface area contributed by atoms with E-state index in [9.17, 15) is 5.11 Å². The summed E-state index contributed by atoms with van der Waals surface area (Å²) >= 11 is 0. The van der Waals surface area contributed by atoms with Crippen LogP contribution in [0.15, 0.2) is 36.7 Å². The van der Waals surface area contributed by atoms with Gasteiger partial charge in [-0.1, -0.05) is 19.1 Å². The van der Waals surface area contributed by atoms with Crippen molar-refractivity contribution in [2.75, 3.05) is 6.61 Å². The van der Waals surface area contributed by atoms with Crippen LogP contribution in [0.5, 0.6) is 5.75 Å². The highest BCUT2D eigenvalue weighted by molar-refractivity contribution is 5.30. The SMILES string of the molecule is CCCOc1ccc(C(O)c2nccn2C)cc1. The lowest BCUT2D eigenvalue weighted by molar-refractivity contribution is 0.206. The quantitative estimate of drug-likeness (QED) is 0.880. The Balaban J connectivity index is 2.12. The number of hydrogen-bond donors (Lipinski definition) is 1. The van der Waals surface area contributed by atoms with E-state index in [0.717, 1.165) is 17.7 Å². The number of benzene rings is 1. The Hall–Kier alpha value is -1.81. The average molecular weight is 246 g/mol. The lowest BCUT2D eigenvalue weighted by Crippen LogP contribution is -2.06. The van der Waals surface area contributed by atoms with Crippen LogP contribution in [0.4, 0.5) is 0 Å². The first-order chi connectivity index (χ1) is 8.72. The Morgan fingerprint density at radius 3 is 2.61 bits per heavy atom. The number of aliphatic hydroxyl groups is 1. The summed E-state index contributed by atoms with van der Waals surface area (Å²) in [6.45, 7) is 2.78. The number of imidazole rings is 1. The average Bonchev–Trinajstić information content (AvgIpc) is 2.82. The van der Waals surface area contributed by atoms with Crippen LogP contribution in [0.2, 0.25) is 0 Å². The molecule has 0 spiro atoms. The highest BCUT2D eigenvalue weighted by atomic mass is 16.5. The molecule has 0 aliphatic heterocycles. The van der Waals surface area contributed by atoms with Crippen LogP contribution < -0.4 is 4.74 Å². The topological polar surface area (TPSA) is 47.3 Å². The molecule has 4 nitrogen and oxygen atoms in total. The second-order valence-corrected chi connectivity index (χ2v) is 4.22. The Labute approximate surface area is 107 Å². The normalized spacial score (nSPS) is 12.4. The Bertz CT molecular complexity index is 491. The van der Waals surface area contributed by atoms with Gasteiger partial charge in [0.05, 0.1) is 6.61 Å². The third-order valence-electron chi connectivity index (χ3n) is 2.77. The smallest absolute Gasteiger partial charge is 0.142 e. The van der Waals surface area contributed by atoms with Crippen molar-refractivity contribution in [3.8, 4) is 5.75 Å². The van der Waals surface area contributed by atoms with E-state index in [1.165, 1.54) is 0 Å². The number of rotatable bonds is 5. The summed E-state index contributed by atoms with van der Waals surface area (Å²) in [7, 11) is 1.87. The van der Waals surface area contributed by atoms with E-state index in [-0.39, 0.29) is 0 Å². The van der Waals surface area contributed by atoms with Gasteiger partial charge in [-0.25, -0.2) is 4.98 Å². The predicted octanol–water partition coefficient (Wildman–Crippen LogP) is 2.29. The lowest BCUT2D eigenvalue weighted by atomic mass is 10.1. The van der Waals surface area contributed by atoms with Crippen molar-refractivity contribution in [2.24, 2.45) is 7.05 Å². The molecule has 1 unspecified atom stereocenters. The van der Waals surface area contributed by atoms with Crippen LogP contribution in [0.25, 0.3) is 0 Å². The molecule has 18 heavy (non-hydrogen) atoms. The minimum absolute atomic E-state index is 0.636. The van der Waals surface area contributed by atoms with Gasteiger partial charge in [-0.3, -0.25) is 0 Å². The van der Waals surface area contributed by atoms with Gasteiger partial charge in [0.25, 0.3) is 0 Å². The van der Waals surface area contributed by atoms with Gasteiger partial charge in [0.2, 0.25) is 0 Å². The molecule has 0 radical (unpaired) electrons. The van der Waals surface area contributed by atoms with Crippen LogP contribution >= 0.6 is 0 Å². The monoisotopic (exact) mass is 246 g/mol. The van der Waals surface area contributed by atoms with E-state index >= 15 is 0 Å². The highest BCUT2D eigenvalue weighted by Gasteiger charge is 2.14. The molecule has 0 saturated heterocycles. The van der Waals surface area contributed by atoms with Gasteiger partial charge in [0.15, 0.2) is 0 Å². The van der Waals surface area contributed by atoms with Gasteiger partial charge in [-0.05, 0) is 24.1 Å². The molecular formula is C14H18N2O2. The second kappa shape index (κ2) is 5.69. The van der Waals surface area contributed by atoms with Gasteiger partial charge in [-0.15, -0.1) is 0 Å². The van der Waals surface area contributed by atoms with E-state index in [2.05, 4.69) is 11.9 Å². The molecule has 96 valence electrons. The maximum absolute atomic E-state index is 10.2. The first kappa shape index (κ1) is 12.6. The van der Waals surface area contributed by atoms with Crippen molar-refractivity contribution < 1.29 is 9.84 Å². The molecular weight excluding hydrogens is 228 g/mol. The maximum Gasteiger partial charge on any atom is 0.142 e. The number of hydrogen-bond acceptors (Lipinski definition) is 3. The van der Waals surface area contributed by atoms with E-state index in [4.69, 9.17) is 4.74 Å². The lowest BCUT2D eigenvalue weighted by Gasteiger charge is -2.12.